The third-order valence-electron chi connectivity index (χ3n) is 3.78. The predicted octanol–water partition coefficient (Wildman–Crippen LogP) is 3.44. The highest BCUT2D eigenvalue weighted by Gasteiger charge is 2.45. The highest BCUT2D eigenvalue weighted by atomic mass is 35.5. The molecule has 4 amide bonds. The summed E-state index contributed by atoms with van der Waals surface area (Å²) in [6.45, 7) is 0.142. The quantitative estimate of drug-likeness (QED) is 0.429. The molecule has 3 rings (SSSR count). The van der Waals surface area contributed by atoms with Crippen molar-refractivity contribution < 1.29 is 19.1 Å². The van der Waals surface area contributed by atoms with Crippen LogP contribution in [0.25, 0.3) is 0 Å². The van der Waals surface area contributed by atoms with Crippen molar-refractivity contribution >= 4 is 46.9 Å². The minimum Gasteiger partial charge on any atom is -0.497 e. The second-order valence-electron chi connectivity index (χ2n) is 5.38. The first-order valence-electron chi connectivity index (χ1n) is 7.73. The molecule has 1 heterocycles. The number of ether oxygens (including phenoxy) is 1. The van der Waals surface area contributed by atoms with Crippen LogP contribution in [0.1, 0.15) is 0 Å². The maximum Gasteiger partial charge on any atom is 0.338 e. The lowest BCUT2D eigenvalue weighted by molar-refractivity contribution is -0.139. The van der Waals surface area contributed by atoms with Gasteiger partial charge in [0.15, 0.2) is 0 Å². The van der Waals surface area contributed by atoms with Crippen molar-refractivity contribution in [3.8, 4) is 5.75 Å². The van der Waals surface area contributed by atoms with E-state index in [0.29, 0.717) is 22.2 Å². The van der Waals surface area contributed by atoms with Gasteiger partial charge in [0.2, 0.25) is 0 Å². The largest absolute Gasteiger partial charge is 0.497 e. The van der Waals surface area contributed by atoms with Gasteiger partial charge >= 0.3 is 17.8 Å². The average molecular weight is 391 g/mol. The molecule has 134 valence electrons. The van der Waals surface area contributed by atoms with Crippen molar-refractivity contribution in [2.24, 2.45) is 0 Å². The Bertz CT molecular complexity index is 839. The van der Waals surface area contributed by atoms with E-state index in [1.165, 1.54) is 18.9 Å². The van der Waals surface area contributed by atoms with Gasteiger partial charge in [-0.1, -0.05) is 11.6 Å². The molecule has 1 aliphatic rings. The van der Waals surface area contributed by atoms with E-state index in [4.69, 9.17) is 16.3 Å². The summed E-state index contributed by atoms with van der Waals surface area (Å²) in [5.74, 6) is -0.599. The number of carbonyl (C=O) groups excluding carboxylic acids is 3. The number of thioether (sulfide) groups is 1. The van der Waals surface area contributed by atoms with Crippen molar-refractivity contribution in [2.45, 2.75) is 4.90 Å². The monoisotopic (exact) mass is 390 g/mol. The topological polar surface area (TPSA) is 66.9 Å². The van der Waals surface area contributed by atoms with Gasteiger partial charge in [0, 0.05) is 22.2 Å². The molecule has 0 N–H and O–H groups in total. The fraction of sp³-hybridized carbons (Fsp3) is 0.167. The minimum atomic E-state index is -0.850. The van der Waals surface area contributed by atoms with Crippen LogP contribution in [0.5, 0.6) is 5.75 Å². The smallest absolute Gasteiger partial charge is 0.338 e. The normalized spacial score (nSPS) is 14.3. The molecule has 0 spiro atoms. The van der Waals surface area contributed by atoms with Crippen LogP contribution in [0.4, 0.5) is 10.5 Å². The molecule has 1 fully saturated rings. The van der Waals surface area contributed by atoms with Gasteiger partial charge in [-0.3, -0.25) is 14.5 Å². The number of urea groups is 1. The number of anilines is 1. The summed E-state index contributed by atoms with van der Waals surface area (Å²) in [4.78, 5) is 39.7. The average Bonchev–Trinajstić information content (AvgIpc) is 2.87. The maximum atomic E-state index is 12.5. The van der Waals surface area contributed by atoms with Gasteiger partial charge in [0.05, 0.1) is 12.8 Å². The molecular weight excluding hydrogens is 376 g/mol. The number of hydrogen-bond acceptors (Lipinski definition) is 5. The van der Waals surface area contributed by atoms with E-state index in [0.717, 1.165) is 14.7 Å². The number of amides is 4. The van der Waals surface area contributed by atoms with E-state index in [9.17, 15) is 14.4 Å². The lowest BCUT2D eigenvalue weighted by Gasteiger charge is -2.15. The number of methoxy groups -OCH3 is 1. The second kappa shape index (κ2) is 7.80. The van der Waals surface area contributed by atoms with Crippen LogP contribution in [-0.2, 0) is 9.59 Å². The van der Waals surface area contributed by atoms with Crippen LogP contribution in [0.15, 0.2) is 53.4 Å². The van der Waals surface area contributed by atoms with Crippen LogP contribution >= 0.6 is 23.4 Å². The number of carbonyl (C=O) groups is 3. The fourth-order valence-corrected chi connectivity index (χ4v) is 3.41. The number of imide groups is 2. The van der Waals surface area contributed by atoms with Crippen molar-refractivity contribution in [3.63, 3.8) is 0 Å². The van der Waals surface area contributed by atoms with Gasteiger partial charge in [-0.25, -0.2) is 9.69 Å². The van der Waals surface area contributed by atoms with E-state index in [2.05, 4.69) is 0 Å². The maximum absolute atomic E-state index is 12.5. The Morgan fingerprint density at radius 1 is 0.962 bits per heavy atom. The molecule has 0 aromatic heterocycles. The highest BCUT2D eigenvalue weighted by Crippen LogP contribution is 2.26. The summed E-state index contributed by atoms with van der Waals surface area (Å²) in [7, 11) is 1.52. The number of hydrogen-bond donors (Lipinski definition) is 0. The second-order valence-corrected chi connectivity index (χ2v) is 6.99. The molecular formula is C18H15ClN2O4S. The van der Waals surface area contributed by atoms with E-state index >= 15 is 0 Å². The van der Waals surface area contributed by atoms with Gasteiger partial charge in [0.25, 0.3) is 0 Å². The highest BCUT2D eigenvalue weighted by molar-refractivity contribution is 7.99. The Morgan fingerprint density at radius 3 is 2.23 bits per heavy atom. The van der Waals surface area contributed by atoms with Gasteiger partial charge in [-0.05, 0) is 48.5 Å². The summed E-state index contributed by atoms with van der Waals surface area (Å²) in [6, 6.07) is 13.0. The summed E-state index contributed by atoms with van der Waals surface area (Å²) >= 11 is 7.31. The summed E-state index contributed by atoms with van der Waals surface area (Å²) in [5.41, 5.74) is 0.335. The van der Waals surface area contributed by atoms with Crippen LogP contribution < -0.4 is 9.64 Å². The van der Waals surface area contributed by atoms with Gasteiger partial charge in [-0.2, -0.15) is 0 Å². The van der Waals surface area contributed by atoms with Crippen molar-refractivity contribution in [2.75, 3.05) is 24.3 Å². The zero-order valence-electron chi connectivity index (χ0n) is 13.8. The molecule has 0 unspecified atom stereocenters. The Hall–Kier alpha value is -2.51. The molecule has 2 aromatic rings. The molecule has 2 aromatic carbocycles. The van der Waals surface area contributed by atoms with Crippen LogP contribution in [-0.4, -0.2) is 42.2 Å². The summed E-state index contributed by atoms with van der Waals surface area (Å²) < 4.78 is 5.05. The Kier molecular flexibility index (Phi) is 5.49. The first kappa shape index (κ1) is 18.3. The molecule has 0 aliphatic carbocycles. The zero-order chi connectivity index (χ0) is 18.7. The van der Waals surface area contributed by atoms with Crippen LogP contribution in [0.2, 0.25) is 5.02 Å². The molecule has 0 bridgehead atoms. The third-order valence-corrected chi connectivity index (χ3v) is 5.03. The van der Waals surface area contributed by atoms with Gasteiger partial charge in [-0.15, -0.1) is 11.8 Å². The van der Waals surface area contributed by atoms with Gasteiger partial charge in [0.1, 0.15) is 5.75 Å². The Balaban J connectivity index is 1.66. The zero-order valence-corrected chi connectivity index (χ0v) is 15.4. The fourth-order valence-electron chi connectivity index (χ4n) is 2.45. The molecule has 0 saturated carbocycles. The van der Waals surface area contributed by atoms with Gasteiger partial charge < -0.3 is 4.74 Å². The molecule has 1 aliphatic heterocycles. The molecule has 6 nitrogen and oxygen atoms in total. The van der Waals surface area contributed by atoms with Crippen LogP contribution in [0.3, 0.4) is 0 Å². The molecule has 8 heteroatoms. The standard InChI is InChI=1S/C18H15ClN2O4S/c1-25-14-6-4-13(5-7-14)21-17(23)16(22)20(18(21)24)10-11-26-15-8-2-12(19)3-9-15/h2-9H,10-11H2,1H3. The van der Waals surface area contributed by atoms with Crippen molar-refractivity contribution in [3.05, 3.63) is 53.6 Å². The first-order valence-corrected chi connectivity index (χ1v) is 9.10. The predicted molar refractivity (Wildman–Crippen MR) is 99.8 cm³/mol. The summed E-state index contributed by atoms with van der Waals surface area (Å²) in [6.07, 6.45) is 0. The third kappa shape index (κ3) is 3.68. The lowest BCUT2D eigenvalue weighted by atomic mass is 10.3. The summed E-state index contributed by atoms with van der Waals surface area (Å²) in [5, 5.41) is 0.639. The van der Waals surface area contributed by atoms with Crippen molar-refractivity contribution in [1.82, 2.24) is 4.90 Å². The van der Waals surface area contributed by atoms with Crippen LogP contribution in [0, 0.1) is 0 Å². The first-order chi connectivity index (χ1) is 12.5. The van der Waals surface area contributed by atoms with E-state index in [-0.39, 0.29) is 6.54 Å². The Labute approximate surface area is 159 Å². The lowest BCUT2D eigenvalue weighted by Crippen LogP contribution is -2.34. The van der Waals surface area contributed by atoms with E-state index in [1.807, 2.05) is 12.1 Å². The molecule has 0 atom stereocenters. The number of halogens is 1. The molecule has 0 radical (unpaired) electrons. The SMILES string of the molecule is COc1ccc(N2C(=O)C(=O)N(CCSc3ccc(Cl)cc3)C2=O)cc1. The number of rotatable bonds is 6. The number of benzene rings is 2. The Morgan fingerprint density at radius 2 is 1.62 bits per heavy atom. The van der Waals surface area contributed by atoms with E-state index in [1.54, 1.807) is 36.4 Å². The molecule has 1 saturated heterocycles. The van der Waals surface area contributed by atoms with E-state index < -0.39 is 17.8 Å². The molecule has 26 heavy (non-hydrogen) atoms. The number of nitrogens with zero attached hydrogens (tertiary/aromatic N) is 2. The van der Waals surface area contributed by atoms with Crippen molar-refractivity contribution in [1.29, 1.82) is 0 Å². The minimum absolute atomic E-state index is 0.142.